The quantitative estimate of drug-likeness (QED) is 0.497. The predicted molar refractivity (Wildman–Crippen MR) is 150 cm³/mol. The highest BCUT2D eigenvalue weighted by Gasteiger charge is 2.72. The summed E-state index contributed by atoms with van der Waals surface area (Å²) in [6.07, 6.45) is 6.00. The number of likely N-dealkylation sites (tertiary alicyclic amines) is 1. The number of carbonyl (C=O) groups excluding carboxylic acids is 3. The van der Waals surface area contributed by atoms with E-state index in [1.54, 1.807) is 55.7 Å². The maximum atomic E-state index is 14.2. The van der Waals surface area contributed by atoms with Crippen molar-refractivity contribution in [3.8, 4) is 5.75 Å². The minimum absolute atomic E-state index is 0.0128. The average molecular weight is 562 g/mol. The molecule has 8 atom stereocenters. The van der Waals surface area contributed by atoms with Crippen LogP contribution in [0.15, 0.2) is 60.7 Å². The van der Waals surface area contributed by atoms with Crippen LogP contribution in [0, 0.1) is 29.5 Å². The molecule has 3 amide bonds. The Morgan fingerprint density at radius 2 is 1.80 bits per heavy atom. The van der Waals surface area contributed by atoms with E-state index in [0.717, 1.165) is 19.3 Å². The molecule has 9 heteroatoms. The highest BCUT2D eigenvalue weighted by atomic mass is 19.1. The van der Waals surface area contributed by atoms with Crippen LogP contribution in [0.25, 0.3) is 0 Å². The molecule has 6 rings (SSSR count). The molecule has 8 nitrogen and oxygen atoms in total. The topological polar surface area (TPSA) is 97.0 Å². The number of amides is 3. The lowest BCUT2D eigenvalue weighted by atomic mass is 9.73. The van der Waals surface area contributed by atoms with Gasteiger partial charge in [-0.05, 0) is 60.2 Å². The highest BCUT2D eigenvalue weighted by Crippen LogP contribution is 2.55. The summed E-state index contributed by atoms with van der Waals surface area (Å²) in [4.78, 5) is 43.5. The highest BCUT2D eigenvalue weighted by molar-refractivity contribution is 6.02. The second-order valence-electron chi connectivity index (χ2n) is 11.9. The zero-order valence-corrected chi connectivity index (χ0v) is 23.5. The van der Waals surface area contributed by atoms with E-state index in [1.807, 2.05) is 0 Å². The van der Waals surface area contributed by atoms with Crippen LogP contribution >= 0.6 is 0 Å². The van der Waals surface area contributed by atoms with E-state index in [0.29, 0.717) is 28.8 Å². The molecule has 2 saturated heterocycles. The molecule has 2 aromatic rings. The monoisotopic (exact) mass is 561 g/mol. The van der Waals surface area contributed by atoms with Gasteiger partial charge in [0.2, 0.25) is 17.7 Å². The van der Waals surface area contributed by atoms with Crippen LogP contribution in [-0.2, 0) is 25.7 Å². The van der Waals surface area contributed by atoms with Crippen LogP contribution < -0.4 is 15.4 Å². The van der Waals surface area contributed by atoms with Crippen molar-refractivity contribution in [2.75, 3.05) is 12.4 Å². The van der Waals surface area contributed by atoms with Gasteiger partial charge in [-0.3, -0.25) is 14.4 Å². The Bertz CT molecular complexity index is 1360. The lowest BCUT2D eigenvalue weighted by Crippen LogP contribution is -2.57. The van der Waals surface area contributed by atoms with E-state index < -0.39 is 29.6 Å². The SMILES string of the molecule is COc1ccc(NC(=O)[C@@H]2[C@@H]3C=C[C@]4(O3)[C@@H]2C(=O)N(Cc2ccc(F)cc2)[C@H]4C(=O)N[C@@H]2CCC[C@@H](C)[C@@H]2C)cc1. The van der Waals surface area contributed by atoms with E-state index in [4.69, 9.17) is 9.47 Å². The first-order valence-corrected chi connectivity index (χ1v) is 14.4. The van der Waals surface area contributed by atoms with Gasteiger partial charge in [0, 0.05) is 18.3 Å². The predicted octanol–water partition coefficient (Wildman–Crippen LogP) is 4.06. The Kier molecular flexibility index (Phi) is 7.09. The third kappa shape index (κ3) is 4.70. The van der Waals surface area contributed by atoms with Crippen molar-refractivity contribution in [1.82, 2.24) is 10.2 Å². The molecular weight excluding hydrogens is 525 g/mol. The summed E-state index contributed by atoms with van der Waals surface area (Å²) in [6, 6.07) is 11.9. The van der Waals surface area contributed by atoms with Crippen molar-refractivity contribution in [1.29, 1.82) is 0 Å². The number of hydrogen-bond donors (Lipinski definition) is 2. The molecule has 2 N–H and O–H groups in total. The lowest BCUT2D eigenvalue weighted by Gasteiger charge is -2.38. The summed E-state index contributed by atoms with van der Waals surface area (Å²) in [5, 5.41) is 6.17. The largest absolute Gasteiger partial charge is 0.497 e. The van der Waals surface area contributed by atoms with Gasteiger partial charge < -0.3 is 25.0 Å². The minimum Gasteiger partial charge on any atom is -0.497 e. The number of rotatable bonds is 7. The number of methoxy groups -OCH3 is 1. The maximum Gasteiger partial charge on any atom is 0.246 e. The fourth-order valence-electron chi connectivity index (χ4n) is 7.17. The van der Waals surface area contributed by atoms with Crippen LogP contribution in [0.5, 0.6) is 5.75 Å². The van der Waals surface area contributed by atoms with Crippen molar-refractivity contribution in [2.24, 2.45) is 23.7 Å². The number of nitrogens with one attached hydrogen (secondary N) is 2. The molecule has 0 unspecified atom stereocenters. The average Bonchev–Trinajstić information content (AvgIpc) is 3.60. The molecule has 0 aromatic heterocycles. The molecule has 2 aromatic carbocycles. The van der Waals surface area contributed by atoms with E-state index in [1.165, 1.54) is 17.0 Å². The number of fused-ring (bicyclic) bond motifs is 1. The normalized spacial score (nSPS) is 33.5. The van der Waals surface area contributed by atoms with Crippen LogP contribution in [-0.4, -0.2) is 53.5 Å². The van der Waals surface area contributed by atoms with Crippen LogP contribution in [0.2, 0.25) is 0 Å². The first-order chi connectivity index (χ1) is 19.7. The summed E-state index contributed by atoms with van der Waals surface area (Å²) >= 11 is 0. The van der Waals surface area contributed by atoms with Gasteiger partial charge in [0.05, 0.1) is 25.0 Å². The van der Waals surface area contributed by atoms with Crippen molar-refractivity contribution in [3.05, 3.63) is 72.1 Å². The molecule has 3 fully saturated rings. The molecule has 2 bridgehead atoms. The Morgan fingerprint density at radius 1 is 1.07 bits per heavy atom. The second-order valence-corrected chi connectivity index (χ2v) is 11.9. The number of hydrogen-bond acceptors (Lipinski definition) is 5. The Hall–Kier alpha value is -3.72. The summed E-state index contributed by atoms with van der Waals surface area (Å²) in [6.45, 7) is 4.46. The summed E-state index contributed by atoms with van der Waals surface area (Å²) < 4.78 is 25.3. The molecular formula is C32H36FN3O5. The van der Waals surface area contributed by atoms with Gasteiger partial charge in [-0.2, -0.15) is 0 Å². The zero-order chi connectivity index (χ0) is 28.9. The van der Waals surface area contributed by atoms with E-state index >= 15 is 0 Å². The Morgan fingerprint density at radius 3 is 2.51 bits per heavy atom. The molecule has 41 heavy (non-hydrogen) atoms. The van der Waals surface area contributed by atoms with Gasteiger partial charge in [0.25, 0.3) is 0 Å². The van der Waals surface area contributed by atoms with E-state index in [9.17, 15) is 18.8 Å². The van der Waals surface area contributed by atoms with Gasteiger partial charge in [-0.25, -0.2) is 4.39 Å². The molecule has 1 saturated carbocycles. The third-order valence-corrected chi connectivity index (χ3v) is 9.58. The van der Waals surface area contributed by atoms with Crippen LogP contribution in [0.4, 0.5) is 10.1 Å². The summed E-state index contributed by atoms with van der Waals surface area (Å²) in [5.74, 6) is -1.57. The van der Waals surface area contributed by atoms with Gasteiger partial charge in [0.1, 0.15) is 23.2 Å². The third-order valence-electron chi connectivity index (χ3n) is 9.58. The van der Waals surface area contributed by atoms with Crippen LogP contribution in [0.1, 0.15) is 38.7 Å². The molecule has 216 valence electrons. The molecule has 3 aliphatic heterocycles. The Balaban J connectivity index is 1.31. The summed E-state index contributed by atoms with van der Waals surface area (Å²) in [7, 11) is 1.57. The minimum atomic E-state index is -1.27. The maximum absolute atomic E-state index is 14.2. The first-order valence-electron chi connectivity index (χ1n) is 14.4. The smallest absolute Gasteiger partial charge is 0.246 e. The standard InChI is InChI=1S/C32H36FN3O5/c1-18-5-4-6-24(19(18)2)35-30(38)28-32-16-15-25(41-32)26(29(37)34-22-11-13-23(40-3)14-12-22)27(32)31(39)36(28)17-20-7-9-21(33)10-8-20/h7-16,18-19,24-28H,4-6,17H2,1-3H3,(H,34,37)(H,35,38)/t18-,19+,24-,25+,26-,27+,28+,32+/m1/s1. The molecule has 0 radical (unpaired) electrons. The number of anilines is 1. The molecule has 4 aliphatic rings. The zero-order valence-electron chi connectivity index (χ0n) is 23.5. The fourth-order valence-corrected chi connectivity index (χ4v) is 7.17. The number of halogens is 1. The van der Waals surface area contributed by atoms with E-state index in [-0.39, 0.29) is 36.1 Å². The van der Waals surface area contributed by atoms with E-state index in [2.05, 4.69) is 24.5 Å². The molecule has 1 aliphatic carbocycles. The van der Waals surface area contributed by atoms with Gasteiger partial charge in [-0.1, -0.05) is 51.0 Å². The molecule has 1 spiro atoms. The Labute approximate surface area is 239 Å². The lowest BCUT2D eigenvalue weighted by molar-refractivity contribution is -0.142. The van der Waals surface area contributed by atoms with Crippen LogP contribution in [0.3, 0.4) is 0 Å². The first kappa shape index (κ1) is 27.4. The summed E-state index contributed by atoms with van der Waals surface area (Å²) in [5.41, 5.74) is -0.0108. The van der Waals surface area contributed by atoms with Crippen molar-refractivity contribution in [3.63, 3.8) is 0 Å². The van der Waals surface area contributed by atoms with Gasteiger partial charge in [0.15, 0.2) is 0 Å². The number of carbonyl (C=O) groups is 3. The van der Waals surface area contributed by atoms with Crippen molar-refractivity contribution in [2.45, 2.75) is 63.4 Å². The van der Waals surface area contributed by atoms with Crippen molar-refractivity contribution < 1.29 is 28.2 Å². The fraction of sp³-hybridized carbons (Fsp3) is 0.469. The van der Waals surface area contributed by atoms with Crippen molar-refractivity contribution >= 4 is 23.4 Å². The number of ether oxygens (including phenoxy) is 2. The second kappa shape index (κ2) is 10.6. The number of nitrogens with zero attached hydrogens (tertiary/aromatic N) is 1. The molecule has 3 heterocycles. The van der Waals surface area contributed by atoms with Gasteiger partial charge in [-0.15, -0.1) is 0 Å². The van der Waals surface area contributed by atoms with Gasteiger partial charge >= 0.3 is 0 Å². The number of benzene rings is 2.